The van der Waals surface area contributed by atoms with E-state index in [-0.39, 0.29) is 5.91 Å². The zero-order valence-electron chi connectivity index (χ0n) is 12.2. The summed E-state index contributed by atoms with van der Waals surface area (Å²) < 4.78 is 5.30. The van der Waals surface area contributed by atoms with E-state index in [1.807, 2.05) is 67.6 Å². The summed E-state index contributed by atoms with van der Waals surface area (Å²) >= 11 is 0. The Morgan fingerprint density at radius 3 is 2.55 bits per heavy atom. The molecule has 3 rings (SSSR count). The molecule has 0 fully saturated rings. The molecule has 0 aliphatic heterocycles. The van der Waals surface area contributed by atoms with E-state index in [1.165, 1.54) is 0 Å². The Bertz CT molecular complexity index is 761. The second-order valence-corrected chi connectivity index (χ2v) is 5.10. The predicted molar refractivity (Wildman–Crippen MR) is 84.3 cm³/mol. The van der Waals surface area contributed by atoms with Gasteiger partial charge in [-0.25, -0.2) is 0 Å². The molecule has 0 radical (unpaired) electrons. The molecule has 0 saturated heterocycles. The molecule has 0 aliphatic carbocycles. The molecule has 0 aliphatic rings. The molecule has 1 N–H and O–H groups in total. The minimum Gasteiger partial charge on any atom is -0.356 e. The second kappa shape index (κ2) is 6.26. The van der Waals surface area contributed by atoms with E-state index >= 15 is 0 Å². The van der Waals surface area contributed by atoms with Crippen molar-refractivity contribution in [1.82, 2.24) is 10.5 Å². The molecule has 2 aromatic carbocycles. The Kier molecular flexibility index (Phi) is 4.01. The van der Waals surface area contributed by atoms with Gasteiger partial charge >= 0.3 is 0 Å². The van der Waals surface area contributed by atoms with E-state index < -0.39 is 0 Å². The average molecular weight is 292 g/mol. The van der Waals surface area contributed by atoms with Gasteiger partial charge in [0.05, 0.1) is 6.54 Å². The molecule has 22 heavy (non-hydrogen) atoms. The fourth-order valence-electron chi connectivity index (χ4n) is 2.11. The Morgan fingerprint density at radius 1 is 1.09 bits per heavy atom. The highest BCUT2D eigenvalue weighted by Gasteiger charge is 2.09. The highest BCUT2D eigenvalue weighted by Crippen LogP contribution is 2.19. The van der Waals surface area contributed by atoms with Gasteiger partial charge < -0.3 is 9.84 Å². The minimum absolute atomic E-state index is 0.121. The number of benzene rings is 2. The SMILES string of the molecule is Cc1ccc(C(=O)NCc2cc(-c3ccccc3)on2)cc1. The van der Waals surface area contributed by atoms with E-state index in [0.29, 0.717) is 23.6 Å². The molecule has 4 heteroatoms. The fraction of sp³-hybridized carbons (Fsp3) is 0.111. The molecule has 3 aromatic rings. The van der Waals surface area contributed by atoms with Crippen LogP contribution in [0, 0.1) is 6.92 Å². The largest absolute Gasteiger partial charge is 0.356 e. The highest BCUT2D eigenvalue weighted by atomic mass is 16.5. The van der Waals surface area contributed by atoms with Crippen LogP contribution in [0.15, 0.2) is 65.2 Å². The van der Waals surface area contributed by atoms with Crippen LogP contribution in [0.25, 0.3) is 11.3 Å². The van der Waals surface area contributed by atoms with Gasteiger partial charge in [0.15, 0.2) is 5.76 Å². The molecule has 4 nitrogen and oxygen atoms in total. The molecule has 1 heterocycles. The third kappa shape index (κ3) is 3.23. The zero-order valence-corrected chi connectivity index (χ0v) is 12.2. The van der Waals surface area contributed by atoms with Gasteiger partial charge in [0, 0.05) is 17.2 Å². The zero-order chi connectivity index (χ0) is 15.4. The maximum absolute atomic E-state index is 12.0. The van der Waals surface area contributed by atoms with E-state index in [9.17, 15) is 4.79 Å². The number of carbonyl (C=O) groups is 1. The summed E-state index contributed by atoms with van der Waals surface area (Å²) in [5.74, 6) is 0.574. The first-order valence-electron chi connectivity index (χ1n) is 7.08. The smallest absolute Gasteiger partial charge is 0.251 e. The molecular formula is C18H16N2O2. The van der Waals surface area contributed by atoms with Crippen LogP contribution in [0.2, 0.25) is 0 Å². The first kappa shape index (κ1) is 14.1. The van der Waals surface area contributed by atoms with Gasteiger partial charge in [0.25, 0.3) is 5.91 Å². The Morgan fingerprint density at radius 2 is 1.82 bits per heavy atom. The van der Waals surface area contributed by atoms with Crippen molar-refractivity contribution in [2.75, 3.05) is 0 Å². The summed E-state index contributed by atoms with van der Waals surface area (Å²) in [5.41, 5.74) is 3.42. The number of amides is 1. The van der Waals surface area contributed by atoms with Crippen LogP contribution in [0.3, 0.4) is 0 Å². The summed E-state index contributed by atoms with van der Waals surface area (Å²) in [6, 6.07) is 19.0. The van der Waals surface area contributed by atoms with Crippen LogP contribution < -0.4 is 5.32 Å². The van der Waals surface area contributed by atoms with Crippen LogP contribution >= 0.6 is 0 Å². The van der Waals surface area contributed by atoms with Gasteiger partial charge in [-0.05, 0) is 19.1 Å². The molecule has 110 valence electrons. The fourth-order valence-corrected chi connectivity index (χ4v) is 2.11. The van der Waals surface area contributed by atoms with Crippen molar-refractivity contribution in [2.24, 2.45) is 0 Å². The topological polar surface area (TPSA) is 55.1 Å². The molecular weight excluding hydrogens is 276 g/mol. The van der Waals surface area contributed by atoms with Crippen molar-refractivity contribution in [2.45, 2.75) is 13.5 Å². The lowest BCUT2D eigenvalue weighted by molar-refractivity contribution is 0.0950. The molecule has 0 saturated carbocycles. The third-order valence-corrected chi connectivity index (χ3v) is 3.36. The third-order valence-electron chi connectivity index (χ3n) is 3.36. The van der Waals surface area contributed by atoms with Gasteiger partial charge in [-0.2, -0.15) is 0 Å². The maximum atomic E-state index is 12.0. The Hall–Kier alpha value is -2.88. The Labute approximate surface area is 128 Å². The molecule has 0 spiro atoms. The second-order valence-electron chi connectivity index (χ2n) is 5.10. The summed E-state index contributed by atoms with van der Waals surface area (Å²) in [4.78, 5) is 12.0. The van der Waals surface area contributed by atoms with Crippen molar-refractivity contribution in [1.29, 1.82) is 0 Å². The summed E-state index contributed by atoms with van der Waals surface area (Å²) in [5, 5.41) is 6.82. The van der Waals surface area contributed by atoms with E-state index in [0.717, 1.165) is 11.1 Å². The van der Waals surface area contributed by atoms with Crippen LogP contribution in [0.4, 0.5) is 0 Å². The standard InChI is InChI=1S/C18H16N2O2/c1-13-7-9-15(10-8-13)18(21)19-12-16-11-17(22-20-16)14-5-3-2-4-6-14/h2-11H,12H2,1H3,(H,19,21). The molecule has 1 amide bonds. The van der Waals surface area contributed by atoms with Crippen LogP contribution in [-0.2, 0) is 6.54 Å². The maximum Gasteiger partial charge on any atom is 0.251 e. The predicted octanol–water partition coefficient (Wildman–Crippen LogP) is 3.58. The number of hydrogen-bond donors (Lipinski definition) is 1. The first-order chi connectivity index (χ1) is 10.7. The van der Waals surface area contributed by atoms with Gasteiger partial charge in [0.2, 0.25) is 0 Å². The number of aromatic nitrogens is 1. The molecule has 0 unspecified atom stereocenters. The number of nitrogens with one attached hydrogen (secondary N) is 1. The van der Waals surface area contributed by atoms with E-state index in [4.69, 9.17) is 4.52 Å². The lowest BCUT2D eigenvalue weighted by Gasteiger charge is -2.03. The van der Waals surface area contributed by atoms with Crippen molar-refractivity contribution in [3.63, 3.8) is 0 Å². The normalized spacial score (nSPS) is 10.4. The van der Waals surface area contributed by atoms with Crippen LogP contribution in [0.1, 0.15) is 21.6 Å². The lowest BCUT2D eigenvalue weighted by atomic mass is 10.1. The number of carbonyl (C=O) groups excluding carboxylic acids is 1. The van der Waals surface area contributed by atoms with Crippen LogP contribution in [-0.4, -0.2) is 11.1 Å². The number of rotatable bonds is 4. The lowest BCUT2D eigenvalue weighted by Crippen LogP contribution is -2.22. The highest BCUT2D eigenvalue weighted by molar-refractivity contribution is 5.94. The van der Waals surface area contributed by atoms with E-state index in [2.05, 4.69) is 10.5 Å². The van der Waals surface area contributed by atoms with Crippen molar-refractivity contribution >= 4 is 5.91 Å². The average Bonchev–Trinajstić information content (AvgIpc) is 3.03. The molecule has 1 aromatic heterocycles. The minimum atomic E-state index is -0.121. The van der Waals surface area contributed by atoms with Gasteiger partial charge in [-0.1, -0.05) is 53.2 Å². The molecule has 0 bridgehead atoms. The van der Waals surface area contributed by atoms with Crippen molar-refractivity contribution < 1.29 is 9.32 Å². The Balaban J connectivity index is 1.64. The quantitative estimate of drug-likeness (QED) is 0.799. The molecule has 0 atom stereocenters. The number of aryl methyl sites for hydroxylation is 1. The summed E-state index contributed by atoms with van der Waals surface area (Å²) in [7, 11) is 0. The van der Waals surface area contributed by atoms with Gasteiger partial charge in [-0.15, -0.1) is 0 Å². The van der Waals surface area contributed by atoms with Crippen molar-refractivity contribution in [3.8, 4) is 11.3 Å². The van der Waals surface area contributed by atoms with Gasteiger partial charge in [0.1, 0.15) is 5.69 Å². The monoisotopic (exact) mass is 292 g/mol. The van der Waals surface area contributed by atoms with Crippen LogP contribution in [0.5, 0.6) is 0 Å². The number of nitrogens with zero attached hydrogens (tertiary/aromatic N) is 1. The van der Waals surface area contributed by atoms with E-state index in [1.54, 1.807) is 0 Å². The van der Waals surface area contributed by atoms with Crippen molar-refractivity contribution in [3.05, 3.63) is 77.5 Å². The number of hydrogen-bond acceptors (Lipinski definition) is 3. The first-order valence-corrected chi connectivity index (χ1v) is 7.08. The summed E-state index contributed by atoms with van der Waals surface area (Å²) in [6.45, 7) is 2.32. The summed E-state index contributed by atoms with van der Waals surface area (Å²) in [6.07, 6.45) is 0. The van der Waals surface area contributed by atoms with Gasteiger partial charge in [-0.3, -0.25) is 4.79 Å².